The maximum Gasteiger partial charge on any atom is 0.270 e. The van der Waals surface area contributed by atoms with E-state index < -0.39 is 4.92 Å². The van der Waals surface area contributed by atoms with Crippen LogP contribution in [0.2, 0.25) is 0 Å². The lowest BCUT2D eigenvalue weighted by Crippen LogP contribution is -2.28. The summed E-state index contributed by atoms with van der Waals surface area (Å²) >= 11 is 0. The molecule has 0 aliphatic rings. The standard InChI is InChI=1S/C19H19FN4O3/c1-23(18-6-3-2-5-16(18)20)10-4-9-21-19(25)15-12-22-17-8-7-13(24(26)27)11-14(15)17/h2-3,5-8,11-12,22H,4,9-10H2,1H3,(H,21,25). The number of nitro benzene ring substituents is 1. The minimum absolute atomic E-state index is 0.0670. The van der Waals surface area contributed by atoms with Crippen molar-refractivity contribution in [3.05, 3.63) is 70.2 Å². The molecule has 0 bridgehead atoms. The Bertz CT molecular complexity index is 986. The van der Waals surface area contributed by atoms with Gasteiger partial charge in [-0.2, -0.15) is 0 Å². The Hall–Kier alpha value is -3.42. The molecule has 0 aliphatic carbocycles. The second kappa shape index (κ2) is 7.86. The number of carbonyl (C=O) groups is 1. The van der Waals surface area contributed by atoms with Crippen LogP contribution in [0.15, 0.2) is 48.7 Å². The summed E-state index contributed by atoms with van der Waals surface area (Å²) in [6, 6.07) is 10.9. The zero-order valence-corrected chi connectivity index (χ0v) is 14.7. The number of benzene rings is 2. The number of aromatic nitrogens is 1. The molecule has 1 amide bonds. The molecule has 7 nitrogen and oxygen atoms in total. The summed E-state index contributed by atoms with van der Waals surface area (Å²) in [7, 11) is 1.79. The van der Waals surface area contributed by atoms with Crippen molar-refractivity contribution >= 4 is 28.2 Å². The van der Waals surface area contributed by atoms with Crippen molar-refractivity contribution in [1.29, 1.82) is 0 Å². The fraction of sp³-hybridized carbons (Fsp3) is 0.211. The van der Waals surface area contributed by atoms with Crippen LogP contribution in [0.4, 0.5) is 15.8 Å². The normalized spacial score (nSPS) is 10.7. The maximum absolute atomic E-state index is 13.7. The maximum atomic E-state index is 13.7. The molecule has 3 rings (SSSR count). The minimum Gasteiger partial charge on any atom is -0.372 e. The number of amides is 1. The molecule has 8 heteroatoms. The van der Waals surface area contributed by atoms with E-state index in [0.717, 1.165) is 0 Å². The Morgan fingerprint density at radius 2 is 2.07 bits per heavy atom. The zero-order valence-electron chi connectivity index (χ0n) is 14.7. The van der Waals surface area contributed by atoms with Crippen LogP contribution in [0.5, 0.6) is 0 Å². The highest BCUT2D eigenvalue weighted by atomic mass is 19.1. The Labute approximate surface area is 154 Å². The average Bonchev–Trinajstić information content (AvgIpc) is 3.08. The summed E-state index contributed by atoms with van der Waals surface area (Å²) in [6.45, 7) is 0.972. The number of fused-ring (bicyclic) bond motifs is 1. The number of non-ortho nitro benzene ring substituents is 1. The number of nitro groups is 1. The lowest BCUT2D eigenvalue weighted by atomic mass is 10.1. The lowest BCUT2D eigenvalue weighted by Gasteiger charge is -2.19. The average molecular weight is 370 g/mol. The SMILES string of the molecule is CN(CCCNC(=O)c1c[nH]c2ccc([N+](=O)[O-])cc12)c1ccccc1F. The Morgan fingerprint density at radius 1 is 1.30 bits per heavy atom. The van der Waals surface area contributed by atoms with Crippen LogP contribution in [-0.2, 0) is 0 Å². The number of nitrogens with one attached hydrogen (secondary N) is 2. The second-order valence-electron chi connectivity index (χ2n) is 6.17. The smallest absolute Gasteiger partial charge is 0.270 e. The molecule has 0 fully saturated rings. The molecule has 1 heterocycles. The predicted octanol–water partition coefficient (Wildman–Crippen LogP) is 3.47. The quantitative estimate of drug-likeness (QED) is 0.378. The molecule has 2 N–H and O–H groups in total. The first-order valence-electron chi connectivity index (χ1n) is 8.47. The molecular formula is C19H19FN4O3. The number of hydrogen-bond acceptors (Lipinski definition) is 4. The van der Waals surface area contributed by atoms with Gasteiger partial charge in [-0.1, -0.05) is 12.1 Å². The summed E-state index contributed by atoms with van der Waals surface area (Å²) in [6.07, 6.45) is 2.16. The van der Waals surface area contributed by atoms with Crippen LogP contribution >= 0.6 is 0 Å². The largest absolute Gasteiger partial charge is 0.372 e. The first kappa shape index (κ1) is 18.4. The van der Waals surface area contributed by atoms with E-state index in [1.807, 2.05) is 0 Å². The third-order valence-corrected chi connectivity index (χ3v) is 4.34. The van der Waals surface area contributed by atoms with Crippen molar-refractivity contribution in [3.8, 4) is 0 Å². The lowest BCUT2D eigenvalue weighted by molar-refractivity contribution is -0.384. The van der Waals surface area contributed by atoms with Crippen LogP contribution in [0.3, 0.4) is 0 Å². The predicted molar refractivity (Wildman–Crippen MR) is 102 cm³/mol. The van der Waals surface area contributed by atoms with E-state index in [9.17, 15) is 19.3 Å². The molecular weight excluding hydrogens is 351 g/mol. The third-order valence-electron chi connectivity index (χ3n) is 4.34. The van der Waals surface area contributed by atoms with Crippen LogP contribution in [0.25, 0.3) is 10.9 Å². The number of H-pyrrole nitrogens is 1. The van der Waals surface area contributed by atoms with Gasteiger partial charge in [0.15, 0.2) is 0 Å². The van der Waals surface area contributed by atoms with E-state index in [-0.39, 0.29) is 17.4 Å². The van der Waals surface area contributed by atoms with Gasteiger partial charge in [-0.3, -0.25) is 14.9 Å². The molecule has 0 atom stereocenters. The molecule has 3 aromatic rings. The van der Waals surface area contributed by atoms with Crippen LogP contribution < -0.4 is 10.2 Å². The summed E-state index contributed by atoms with van der Waals surface area (Å²) in [5.41, 5.74) is 1.46. The number of nitrogens with zero attached hydrogens (tertiary/aromatic N) is 2. The first-order chi connectivity index (χ1) is 13.0. The third kappa shape index (κ3) is 4.05. The highest BCUT2D eigenvalue weighted by molar-refractivity contribution is 6.07. The molecule has 1 aromatic heterocycles. The number of anilines is 1. The van der Waals surface area contributed by atoms with Gasteiger partial charge in [0.1, 0.15) is 5.82 Å². The Kier molecular flexibility index (Phi) is 5.35. The second-order valence-corrected chi connectivity index (χ2v) is 6.17. The van der Waals surface area contributed by atoms with E-state index in [4.69, 9.17) is 0 Å². The van der Waals surface area contributed by atoms with Gasteiger partial charge in [0, 0.05) is 49.4 Å². The topological polar surface area (TPSA) is 91.3 Å². The Morgan fingerprint density at radius 3 is 2.81 bits per heavy atom. The van der Waals surface area contributed by atoms with Crippen molar-refractivity contribution in [2.75, 3.05) is 25.0 Å². The van der Waals surface area contributed by atoms with Gasteiger partial charge < -0.3 is 15.2 Å². The van der Waals surface area contributed by atoms with Crippen molar-refractivity contribution in [2.24, 2.45) is 0 Å². The molecule has 0 saturated heterocycles. The highest BCUT2D eigenvalue weighted by Crippen LogP contribution is 2.23. The fourth-order valence-corrected chi connectivity index (χ4v) is 2.91. The molecule has 140 valence electrons. The summed E-state index contributed by atoms with van der Waals surface area (Å²) < 4.78 is 13.7. The fourth-order valence-electron chi connectivity index (χ4n) is 2.91. The van der Waals surface area contributed by atoms with Gasteiger partial charge in [0.25, 0.3) is 11.6 Å². The number of halogens is 1. The van der Waals surface area contributed by atoms with Crippen molar-refractivity contribution < 1.29 is 14.1 Å². The molecule has 0 aliphatic heterocycles. The van der Waals surface area contributed by atoms with E-state index in [0.29, 0.717) is 41.7 Å². The van der Waals surface area contributed by atoms with Crippen molar-refractivity contribution in [3.63, 3.8) is 0 Å². The van der Waals surface area contributed by atoms with E-state index in [1.165, 1.54) is 24.4 Å². The number of para-hydroxylation sites is 1. The molecule has 0 unspecified atom stereocenters. The van der Waals surface area contributed by atoms with E-state index >= 15 is 0 Å². The van der Waals surface area contributed by atoms with Gasteiger partial charge in [0.2, 0.25) is 0 Å². The van der Waals surface area contributed by atoms with Gasteiger partial charge >= 0.3 is 0 Å². The van der Waals surface area contributed by atoms with Gasteiger partial charge in [-0.25, -0.2) is 4.39 Å². The number of rotatable bonds is 7. The number of hydrogen-bond donors (Lipinski definition) is 2. The summed E-state index contributed by atoms with van der Waals surface area (Å²) in [5.74, 6) is -0.597. The monoisotopic (exact) mass is 370 g/mol. The summed E-state index contributed by atoms with van der Waals surface area (Å²) in [4.78, 5) is 27.6. The first-order valence-corrected chi connectivity index (χ1v) is 8.47. The van der Waals surface area contributed by atoms with Crippen molar-refractivity contribution in [1.82, 2.24) is 10.3 Å². The highest BCUT2D eigenvalue weighted by Gasteiger charge is 2.15. The molecule has 0 radical (unpaired) electrons. The molecule has 0 spiro atoms. The van der Waals surface area contributed by atoms with Gasteiger partial charge in [-0.15, -0.1) is 0 Å². The van der Waals surface area contributed by atoms with E-state index in [1.54, 1.807) is 36.2 Å². The van der Waals surface area contributed by atoms with Crippen molar-refractivity contribution in [2.45, 2.75) is 6.42 Å². The van der Waals surface area contributed by atoms with Crippen LogP contribution in [0, 0.1) is 15.9 Å². The minimum atomic E-state index is -0.493. The van der Waals surface area contributed by atoms with Gasteiger partial charge in [0.05, 0.1) is 16.2 Å². The Balaban J connectivity index is 1.58. The van der Waals surface area contributed by atoms with Gasteiger partial charge in [-0.05, 0) is 24.6 Å². The molecule has 0 saturated carbocycles. The number of aromatic amines is 1. The van der Waals surface area contributed by atoms with E-state index in [2.05, 4.69) is 10.3 Å². The zero-order chi connectivity index (χ0) is 19.4. The summed E-state index contributed by atoms with van der Waals surface area (Å²) in [5, 5.41) is 14.2. The van der Waals surface area contributed by atoms with Crippen LogP contribution in [0.1, 0.15) is 16.8 Å². The molecule has 2 aromatic carbocycles. The number of carbonyl (C=O) groups excluding carboxylic acids is 1. The molecule has 27 heavy (non-hydrogen) atoms. The van der Waals surface area contributed by atoms with Crippen LogP contribution in [-0.4, -0.2) is 36.0 Å².